The number of carbonyl (C=O) groups is 1. The Morgan fingerprint density at radius 3 is 2.74 bits per heavy atom. The quantitative estimate of drug-likeness (QED) is 0.777. The van der Waals surface area contributed by atoms with Crippen LogP contribution in [0.15, 0.2) is 16.6 Å². The number of nitrogens with zero attached hydrogens (tertiary/aromatic N) is 1. The van der Waals surface area contributed by atoms with Crippen LogP contribution >= 0.6 is 15.9 Å². The second-order valence-electron chi connectivity index (χ2n) is 3.42. The van der Waals surface area contributed by atoms with E-state index in [9.17, 15) is 13.6 Å². The molecule has 1 aromatic carbocycles. The topological polar surface area (TPSA) is 59.3 Å². The van der Waals surface area contributed by atoms with Gasteiger partial charge in [0.25, 0.3) is 0 Å². The SMILES string of the molecule is CCOC(=O)Cc1cc(OC(F)F)cc(C#N)c1Br. The Morgan fingerprint density at radius 1 is 1.53 bits per heavy atom. The van der Waals surface area contributed by atoms with Crippen molar-refractivity contribution in [2.45, 2.75) is 20.0 Å². The Kier molecular flexibility index (Phi) is 5.70. The predicted octanol–water partition coefficient (Wildman–Crippen LogP) is 3.03. The molecule has 0 atom stereocenters. The first kappa shape index (κ1) is 15.4. The highest BCUT2D eigenvalue weighted by Gasteiger charge is 2.15. The summed E-state index contributed by atoms with van der Waals surface area (Å²) in [5.41, 5.74) is 0.464. The van der Waals surface area contributed by atoms with Crippen LogP contribution < -0.4 is 4.74 Å². The molecule has 1 rings (SSSR count). The van der Waals surface area contributed by atoms with Crippen molar-refractivity contribution < 1.29 is 23.0 Å². The summed E-state index contributed by atoms with van der Waals surface area (Å²) in [6, 6.07) is 4.27. The molecular formula is C12H10BrF2NO3. The van der Waals surface area contributed by atoms with E-state index >= 15 is 0 Å². The first-order valence-corrected chi connectivity index (χ1v) is 6.10. The molecule has 0 amide bonds. The highest BCUT2D eigenvalue weighted by Crippen LogP contribution is 2.28. The van der Waals surface area contributed by atoms with E-state index in [4.69, 9.17) is 10.00 Å². The van der Waals surface area contributed by atoms with Crippen LogP contribution in [0.5, 0.6) is 5.75 Å². The lowest BCUT2D eigenvalue weighted by molar-refractivity contribution is -0.142. The fraction of sp³-hybridized carbons (Fsp3) is 0.333. The molecule has 0 N–H and O–H groups in total. The van der Waals surface area contributed by atoms with Crippen LogP contribution in [-0.4, -0.2) is 19.2 Å². The van der Waals surface area contributed by atoms with E-state index in [-0.39, 0.29) is 24.3 Å². The third-order valence-corrected chi connectivity index (χ3v) is 3.04. The average molecular weight is 334 g/mol. The van der Waals surface area contributed by atoms with Crippen molar-refractivity contribution in [3.63, 3.8) is 0 Å². The summed E-state index contributed by atoms with van der Waals surface area (Å²) in [4.78, 5) is 11.4. The van der Waals surface area contributed by atoms with Gasteiger partial charge in [0, 0.05) is 4.47 Å². The monoisotopic (exact) mass is 333 g/mol. The highest BCUT2D eigenvalue weighted by atomic mass is 79.9. The zero-order valence-electron chi connectivity index (χ0n) is 9.95. The fourth-order valence-electron chi connectivity index (χ4n) is 1.40. The number of benzene rings is 1. The molecule has 0 aliphatic carbocycles. The van der Waals surface area contributed by atoms with Gasteiger partial charge in [-0.1, -0.05) is 0 Å². The van der Waals surface area contributed by atoms with Gasteiger partial charge in [-0.25, -0.2) is 0 Å². The van der Waals surface area contributed by atoms with E-state index in [1.54, 1.807) is 6.92 Å². The van der Waals surface area contributed by atoms with Gasteiger partial charge in [0.1, 0.15) is 11.8 Å². The number of alkyl halides is 2. The molecule has 0 bridgehead atoms. The Morgan fingerprint density at radius 2 is 2.21 bits per heavy atom. The molecule has 0 heterocycles. The van der Waals surface area contributed by atoms with E-state index in [0.717, 1.165) is 0 Å². The lowest BCUT2D eigenvalue weighted by Gasteiger charge is -2.10. The molecule has 102 valence electrons. The maximum atomic E-state index is 12.2. The van der Waals surface area contributed by atoms with Crippen LogP contribution in [0, 0.1) is 11.3 Å². The number of ether oxygens (including phenoxy) is 2. The predicted molar refractivity (Wildman–Crippen MR) is 65.8 cm³/mol. The second-order valence-corrected chi connectivity index (χ2v) is 4.21. The van der Waals surface area contributed by atoms with Crippen LogP contribution in [0.2, 0.25) is 0 Å². The van der Waals surface area contributed by atoms with Crippen molar-refractivity contribution in [3.05, 3.63) is 27.7 Å². The molecule has 4 nitrogen and oxygen atoms in total. The van der Waals surface area contributed by atoms with Crippen molar-refractivity contribution in [2.75, 3.05) is 6.61 Å². The molecule has 0 aliphatic rings. The molecule has 0 unspecified atom stereocenters. The van der Waals surface area contributed by atoms with E-state index < -0.39 is 12.6 Å². The van der Waals surface area contributed by atoms with Gasteiger partial charge in [-0.2, -0.15) is 14.0 Å². The maximum Gasteiger partial charge on any atom is 0.387 e. The molecule has 0 fully saturated rings. The summed E-state index contributed by atoms with van der Waals surface area (Å²) < 4.78 is 33.7. The lowest BCUT2D eigenvalue weighted by atomic mass is 10.1. The van der Waals surface area contributed by atoms with Crippen molar-refractivity contribution in [1.82, 2.24) is 0 Å². The third kappa shape index (κ3) is 4.48. The molecule has 0 spiro atoms. The average Bonchev–Trinajstić information content (AvgIpc) is 2.32. The van der Waals surface area contributed by atoms with Gasteiger partial charge in [-0.3, -0.25) is 4.79 Å². The minimum atomic E-state index is -3.00. The number of hydrogen-bond donors (Lipinski definition) is 0. The fourth-order valence-corrected chi connectivity index (χ4v) is 1.86. The summed E-state index contributed by atoms with van der Waals surface area (Å²) in [7, 11) is 0. The van der Waals surface area contributed by atoms with Crippen molar-refractivity contribution in [3.8, 4) is 11.8 Å². The number of esters is 1. The molecule has 7 heteroatoms. The van der Waals surface area contributed by atoms with Gasteiger partial charge in [-0.05, 0) is 40.5 Å². The van der Waals surface area contributed by atoms with E-state index in [1.165, 1.54) is 12.1 Å². The summed E-state index contributed by atoms with van der Waals surface area (Å²) >= 11 is 3.15. The number of nitriles is 1. The first-order valence-electron chi connectivity index (χ1n) is 5.30. The molecule has 0 aliphatic heterocycles. The highest BCUT2D eigenvalue weighted by molar-refractivity contribution is 9.10. The van der Waals surface area contributed by atoms with E-state index in [1.807, 2.05) is 6.07 Å². The first-order chi connectivity index (χ1) is 8.97. The molecule has 0 saturated heterocycles. The largest absolute Gasteiger partial charge is 0.466 e. The number of rotatable bonds is 5. The Labute approximate surface area is 117 Å². The van der Waals surface area contributed by atoms with E-state index in [0.29, 0.717) is 10.0 Å². The van der Waals surface area contributed by atoms with Gasteiger partial charge in [0.15, 0.2) is 0 Å². The van der Waals surface area contributed by atoms with Crippen molar-refractivity contribution >= 4 is 21.9 Å². The van der Waals surface area contributed by atoms with E-state index in [2.05, 4.69) is 20.7 Å². The third-order valence-electron chi connectivity index (χ3n) is 2.11. The molecule has 0 radical (unpaired) electrons. The standard InChI is InChI=1S/C12H10BrF2NO3/c1-2-18-10(17)5-7-3-9(19-12(14)15)4-8(6-16)11(7)13/h3-4,12H,2,5H2,1H3. The van der Waals surface area contributed by atoms with Crippen LogP contribution in [0.1, 0.15) is 18.1 Å². The minimum Gasteiger partial charge on any atom is -0.466 e. The van der Waals surface area contributed by atoms with Gasteiger partial charge in [-0.15, -0.1) is 0 Å². The summed E-state index contributed by atoms with van der Waals surface area (Å²) in [6.07, 6.45) is -0.135. The summed E-state index contributed by atoms with van der Waals surface area (Å²) in [5.74, 6) is -0.685. The molecule has 19 heavy (non-hydrogen) atoms. The van der Waals surface area contributed by atoms with Gasteiger partial charge in [0.2, 0.25) is 0 Å². The number of hydrogen-bond acceptors (Lipinski definition) is 4. The van der Waals surface area contributed by atoms with Gasteiger partial charge >= 0.3 is 12.6 Å². The van der Waals surface area contributed by atoms with Crippen LogP contribution in [0.4, 0.5) is 8.78 Å². The Bertz CT molecular complexity index is 514. The molecule has 0 aromatic heterocycles. The Balaban J connectivity index is 3.08. The number of halogens is 3. The number of carbonyl (C=O) groups excluding carboxylic acids is 1. The maximum absolute atomic E-state index is 12.2. The van der Waals surface area contributed by atoms with Gasteiger partial charge in [0.05, 0.1) is 18.6 Å². The summed E-state index contributed by atoms with van der Waals surface area (Å²) in [5, 5.41) is 8.90. The molecule has 0 saturated carbocycles. The van der Waals surface area contributed by atoms with Crippen molar-refractivity contribution in [2.24, 2.45) is 0 Å². The zero-order valence-corrected chi connectivity index (χ0v) is 11.5. The lowest BCUT2D eigenvalue weighted by Crippen LogP contribution is -2.09. The Hall–Kier alpha value is -1.68. The molecular weight excluding hydrogens is 324 g/mol. The molecule has 1 aromatic rings. The zero-order chi connectivity index (χ0) is 14.4. The van der Waals surface area contributed by atoms with Crippen LogP contribution in [-0.2, 0) is 16.0 Å². The van der Waals surface area contributed by atoms with Gasteiger partial charge < -0.3 is 9.47 Å². The summed E-state index contributed by atoms with van der Waals surface area (Å²) in [6.45, 7) is -1.12. The van der Waals surface area contributed by atoms with Crippen LogP contribution in [0.25, 0.3) is 0 Å². The minimum absolute atomic E-state index is 0.109. The normalized spacial score (nSPS) is 10.1. The second kappa shape index (κ2) is 7.04. The smallest absolute Gasteiger partial charge is 0.387 e. The van der Waals surface area contributed by atoms with Crippen molar-refractivity contribution in [1.29, 1.82) is 5.26 Å². The van der Waals surface area contributed by atoms with Crippen LogP contribution in [0.3, 0.4) is 0 Å².